The molecule has 0 aliphatic carbocycles. The molecule has 138 valence electrons. The zero-order valence-corrected chi connectivity index (χ0v) is 15.1. The molecule has 4 nitrogen and oxygen atoms in total. The van der Waals surface area contributed by atoms with E-state index in [0.29, 0.717) is 32.4 Å². The van der Waals surface area contributed by atoms with Crippen molar-refractivity contribution in [2.75, 3.05) is 13.1 Å². The van der Waals surface area contributed by atoms with Gasteiger partial charge in [0.1, 0.15) is 5.82 Å². The molecule has 0 radical (unpaired) electrons. The van der Waals surface area contributed by atoms with Crippen LogP contribution in [0, 0.1) is 5.82 Å². The number of carbonyl (C=O) groups excluding carboxylic acids is 1. The van der Waals surface area contributed by atoms with Crippen LogP contribution in [0.25, 0.3) is 10.9 Å². The summed E-state index contributed by atoms with van der Waals surface area (Å²) in [6.45, 7) is 1.02. The van der Waals surface area contributed by atoms with Crippen LogP contribution < -0.4 is 5.73 Å². The van der Waals surface area contributed by atoms with Crippen LogP contribution in [0.5, 0.6) is 0 Å². The Morgan fingerprint density at radius 2 is 2.04 bits per heavy atom. The van der Waals surface area contributed by atoms with E-state index in [1.165, 1.54) is 12.1 Å². The molecule has 1 fully saturated rings. The van der Waals surface area contributed by atoms with Gasteiger partial charge in [-0.3, -0.25) is 9.78 Å². The van der Waals surface area contributed by atoms with Gasteiger partial charge in [-0.05, 0) is 48.2 Å². The highest BCUT2D eigenvalue weighted by atomic mass is 19.1. The second kappa shape index (κ2) is 7.08. The Kier molecular flexibility index (Phi) is 4.62. The normalized spacial score (nSPS) is 19.6. The fourth-order valence-electron chi connectivity index (χ4n) is 3.74. The Morgan fingerprint density at radius 1 is 1.19 bits per heavy atom. The summed E-state index contributed by atoms with van der Waals surface area (Å²) < 4.78 is 13.5. The third kappa shape index (κ3) is 3.69. The minimum atomic E-state index is -0.678. The first-order valence-corrected chi connectivity index (χ1v) is 9.20. The summed E-state index contributed by atoms with van der Waals surface area (Å²) in [6, 6.07) is 16.4. The molecule has 2 N–H and O–H groups in total. The second-order valence-electron chi connectivity index (χ2n) is 7.27. The van der Waals surface area contributed by atoms with Crippen molar-refractivity contribution < 1.29 is 9.18 Å². The molecule has 1 saturated heterocycles. The molecule has 2 aromatic carbocycles. The van der Waals surface area contributed by atoms with Crippen LogP contribution >= 0.6 is 0 Å². The van der Waals surface area contributed by atoms with Crippen LogP contribution in [0.15, 0.2) is 60.8 Å². The zero-order chi connectivity index (χ0) is 18.9. The molecule has 27 heavy (non-hydrogen) atoms. The molecule has 0 saturated carbocycles. The van der Waals surface area contributed by atoms with Gasteiger partial charge in [0.2, 0.25) is 5.91 Å². The summed E-state index contributed by atoms with van der Waals surface area (Å²) in [5.74, 6) is -0.224. The molecular formula is C22H22FN3O. The number of halogens is 1. The van der Waals surface area contributed by atoms with Gasteiger partial charge in [-0.15, -0.1) is 0 Å². The van der Waals surface area contributed by atoms with Crippen LogP contribution in [0.4, 0.5) is 4.39 Å². The number of hydrogen-bond donors (Lipinski definition) is 1. The van der Waals surface area contributed by atoms with Gasteiger partial charge < -0.3 is 10.6 Å². The third-order valence-electron chi connectivity index (χ3n) is 5.33. The lowest BCUT2D eigenvalue weighted by atomic mass is 9.90. The van der Waals surface area contributed by atoms with E-state index in [1.54, 1.807) is 11.0 Å². The smallest absolute Gasteiger partial charge is 0.222 e. The number of likely N-dealkylation sites (tertiary alicyclic amines) is 1. The zero-order valence-electron chi connectivity index (χ0n) is 15.1. The summed E-state index contributed by atoms with van der Waals surface area (Å²) in [4.78, 5) is 18.9. The number of nitrogens with zero attached hydrogens (tertiary/aromatic N) is 2. The molecule has 2 heterocycles. The maximum Gasteiger partial charge on any atom is 0.222 e. The number of benzene rings is 2. The summed E-state index contributed by atoms with van der Waals surface area (Å²) in [5, 5.41) is 1.08. The number of nitrogens with two attached hydrogens (primary N) is 1. The number of hydrogen-bond acceptors (Lipinski definition) is 3. The Labute approximate surface area is 157 Å². The molecule has 4 rings (SSSR count). The monoisotopic (exact) mass is 363 g/mol. The van der Waals surface area contributed by atoms with Gasteiger partial charge in [-0.25, -0.2) is 4.39 Å². The van der Waals surface area contributed by atoms with Crippen molar-refractivity contribution in [1.82, 2.24) is 9.88 Å². The minimum Gasteiger partial charge on any atom is -0.340 e. The number of pyridine rings is 1. The summed E-state index contributed by atoms with van der Waals surface area (Å²) >= 11 is 0. The lowest BCUT2D eigenvalue weighted by Gasteiger charge is -2.25. The van der Waals surface area contributed by atoms with Gasteiger partial charge in [0.25, 0.3) is 0 Å². The fourth-order valence-corrected chi connectivity index (χ4v) is 3.74. The lowest BCUT2D eigenvalue weighted by Crippen LogP contribution is -2.41. The van der Waals surface area contributed by atoms with Crippen LogP contribution in [0.3, 0.4) is 0 Å². The van der Waals surface area contributed by atoms with Crippen LogP contribution in [0.2, 0.25) is 0 Å². The van der Waals surface area contributed by atoms with Gasteiger partial charge in [0.15, 0.2) is 0 Å². The minimum absolute atomic E-state index is 0.0758. The van der Waals surface area contributed by atoms with Gasteiger partial charge in [-0.2, -0.15) is 0 Å². The summed E-state index contributed by atoms with van der Waals surface area (Å²) in [7, 11) is 0. The Bertz CT molecular complexity index is 990. The second-order valence-corrected chi connectivity index (χ2v) is 7.27. The topological polar surface area (TPSA) is 59.2 Å². The first-order valence-electron chi connectivity index (χ1n) is 9.20. The predicted molar refractivity (Wildman–Crippen MR) is 104 cm³/mol. The maximum absolute atomic E-state index is 13.5. The van der Waals surface area contributed by atoms with Crippen molar-refractivity contribution in [3.8, 4) is 0 Å². The number of fused-ring (bicyclic) bond motifs is 1. The van der Waals surface area contributed by atoms with Crippen molar-refractivity contribution in [3.05, 3.63) is 77.7 Å². The molecular weight excluding hydrogens is 341 g/mol. The number of aromatic nitrogens is 1. The molecule has 1 aromatic heterocycles. The third-order valence-corrected chi connectivity index (χ3v) is 5.33. The van der Waals surface area contributed by atoms with Crippen molar-refractivity contribution in [2.45, 2.75) is 24.8 Å². The highest BCUT2D eigenvalue weighted by molar-refractivity contribution is 5.79. The fraction of sp³-hybridized carbons (Fsp3) is 0.273. The van der Waals surface area contributed by atoms with Crippen molar-refractivity contribution in [2.24, 2.45) is 5.73 Å². The average molecular weight is 363 g/mol. The highest BCUT2D eigenvalue weighted by Crippen LogP contribution is 2.30. The quantitative estimate of drug-likeness (QED) is 0.773. The molecule has 1 unspecified atom stereocenters. The van der Waals surface area contributed by atoms with Crippen LogP contribution in [0.1, 0.15) is 24.0 Å². The van der Waals surface area contributed by atoms with Gasteiger partial charge in [0.05, 0.1) is 11.1 Å². The van der Waals surface area contributed by atoms with Crippen molar-refractivity contribution in [3.63, 3.8) is 0 Å². The maximum atomic E-state index is 13.5. The molecule has 0 bridgehead atoms. The SMILES string of the molecule is NC1(c2cccc(F)c2)CCN(C(=O)CCc2cnc3ccccc3c2)C1. The lowest BCUT2D eigenvalue weighted by molar-refractivity contribution is -0.130. The van der Waals surface area contributed by atoms with E-state index in [4.69, 9.17) is 5.73 Å². The van der Waals surface area contributed by atoms with Crippen LogP contribution in [-0.4, -0.2) is 28.9 Å². The van der Waals surface area contributed by atoms with E-state index in [0.717, 1.165) is 22.0 Å². The number of amides is 1. The molecule has 1 aliphatic rings. The highest BCUT2D eigenvalue weighted by Gasteiger charge is 2.37. The Balaban J connectivity index is 1.40. The van der Waals surface area contributed by atoms with E-state index in [2.05, 4.69) is 11.1 Å². The number of para-hydroxylation sites is 1. The standard InChI is InChI=1S/C22H22FN3O/c23-19-6-3-5-18(13-19)22(24)10-11-26(15-22)21(27)9-8-16-12-17-4-1-2-7-20(17)25-14-16/h1-7,12-14H,8-11,15,24H2. The van der Waals surface area contributed by atoms with E-state index < -0.39 is 5.54 Å². The first kappa shape index (κ1) is 17.6. The molecule has 1 amide bonds. The van der Waals surface area contributed by atoms with E-state index >= 15 is 0 Å². The van der Waals surface area contributed by atoms with Crippen molar-refractivity contribution >= 4 is 16.8 Å². The van der Waals surface area contributed by atoms with Crippen LogP contribution in [-0.2, 0) is 16.8 Å². The molecule has 1 aliphatic heterocycles. The number of aryl methyl sites for hydroxylation is 1. The molecule has 1 atom stereocenters. The first-order chi connectivity index (χ1) is 13.0. The van der Waals surface area contributed by atoms with E-state index in [1.807, 2.05) is 36.5 Å². The van der Waals surface area contributed by atoms with Gasteiger partial charge in [0, 0.05) is 31.1 Å². The molecule has 5 heteroatoms. The van der Waals surface area contributed by atoms with Crippen molar-refractivity contribution in [1.29, 1.82) is 0 Å². The molecule has 3 aromatic rings. The Hall–Kier alpha value is -2.79. The predicted octanol–water partition coefficient (Wildman–Crippen LogP) is 3.39. The summed E-state index contributed by atoms with van der Waals surface area (Å²) in [6.07, 6.45) is 3.53. The number of carbonyl (C=O) groups is 1. The average Bonchev–Trinajstić information content (AvgIpc) is 3.10. The molecule has 0 spiro atoms. The number of rotatable bonds is 4. The van der Waals surface area contributed by atoms with E-state index in [9.17, 15) is 9.18 Å². The van der Waals surface area contributed by atoms with Gasteiger partial charge >= 0.3 is 0 Å². The van der Waals surface area contributed by atoms with Gasteiger partial charge in [-0.1, -0.05) is 30.3 Å². The largest absolute Gasteiger partial charge is 0.340 e. The summed E-state index contributed by atoms with van der Waals surface area (Å²) in [5.41, 5.74) is 8.55. The Morgan fingerprint density at radius 3 is 2.89 bits per heavy atom. The van der Waals surface area contributed by atoms with E-state index in [-0.39, 0.29) is 11.7 Å².